The van der Waals surface area contributed by atoms with E-state index in [4.69, 9.17) is 0 Å². The standard InChI is InChI=1S/C12H15NO4S/c1-8-2-3-10(11(14)6-8)12(15)13-9-4-5-18(16,17)7-9/h2-3,6,9,14H,4-5,7H2,1H3,(H,13,15). The van der Waals surface area contributed by atoms with Crippen LogP contribution in [0.4, 0.5) is 0 Å². The number of sulfone groups is 1. The van der Waals surface area contributed by atoms with Gasteiger partial charge in [0.2, 0.25) is 0 Å². The van der Waals surface area contributed by atoms with Crippen molar-refractivity contribution in [2.24, 2.45) is 0 Å². The summed E-state index contributed by atoms with van der Waals surface area (Å²) in [4.78, 5) is 11.9. The Balaban J connectivity index is 2.09. The zero-order valence-corrected chi connectivity index (χ0v) is 10.8. The van der Waals surface area contributed by atoms with Gasteiger partial charge in [-0.3, -0.25) is 4.79 Å². The molecule has 0 aliphatic carbocycles. The molecule has 1 heterocycles. The van der Waals surface area contributed by atoms with E-state index in [9.17, 15) is 18.3 Å². The fourth-order valence-corrected chi connectivity index (χ4v) is 3.68. The van der Waals surface area contributed by atoms with E-state index < -0.39 is 15.7 Å². The Bertz CT molecular complexity index is 580. The second-order valence-electron chi connectivity index (χ2n) is 4.59. The summed E-state index contributed by atoms with van der Waals surface area (Å²) in [5, 5.41) is 12.3. The number of carbonyl (C=O) groups is 1. The Hall–Kier alpha value is -1.56. The summed E-state index contributed by atoms with van der Waals surface area (Å²) in [6.07, 6.45) is 0.431. The highest BCUT2D eigenvalue weighted by Gasteiger charge is 2.29. The van der Waals surface area contributed by atoms with Crippen molar-refractivity contribution in [3.05, 3.63) is 29.3 Å². The Morgan fingerprint density at radius 3 is 2.72 bits per heavy atom. The van der Waals surface area contributed by atoms with E-state index in [1.54, 1.807) is 6.07 Å². The van der Waals surface area contributed by atoms with E-state index in [2.05, 4.69) is 5.32 Å². The lowest BCUT2D eigenvalue weighted by Crippen LogP contribution is -2.35. The lowest BCUT2D eigenvalue weighted by Gasteiger charge is -2.11. The van der Waals surface area contributed by atoms with Crippen LogP contribution in [0.2, 0.25) is 0 Å². The van der Waals surface area contributed by atoms with Crippen LogP contribution in [0.1, 0.15) is 22.3 Å². The fraction of sp³-hybridized carbons (Fsp3) is 0.417. The van der Waals surface area contributed by atoms with Crippen molar-refractivity contribution < 1.29 is 18.3 Å². The van der Waals surface area contributed by atoms with E-state index in [0.29, 0.717) is 6.42 Å². The third-order valence-corrected chi connectivity index (χ3v) is 4.73. The van der Waals surface area contributed by atoms with Gasteiger partial charge in [-0.15, -0.1) is 0 Å². The average molecular weight is 269 g/mol. The van der Waals surface area contributed by atoms with Crippen molar-refractivity contribution in [2.45, 2.75) is 19.4 Å². The number of phenols is 1. The number of aryl methyl sites for hydroxylation is 1. The number of hydrogen-bond acceptors (Lipinski definition) is 4. The van der Waals surface area contributed by atoms with Gasteiger partial charge in [0.1, 0.15) is 5.75 Å². The fourth-order valence-electron chi connectivity index (χ4n) is 2.01. The number of hydrogen-bond donors (Lipinski definition) is 2. The van der Waals surface area contributed by atoms with E-state index in [-0.39, 0.29) is 28.9 Å². The van der Waals surface area contributed by atoms with E-state index in [1.165, 1.54) is 12.1 Å². The molecule has 1 aromatic rings. The van der Waals surface area contributed by atoms with Crippen LogP contribution >= 0.6 is 0 Å². The van der Waals surface area contributed by atoms with Gasteiger partial charge in [-0.1, -0.05) is 6.07 Å². The largest absolute Gasteiger partial charge is 0.507 e. The van der Waals surface area contributed by atoms with Crippen molar-refractivity contribution in [3.63, 3.8) is 0 Å². The first kappa shape index (κ1) is 12.9. The van der Waals surface area contributed by atoms with E-state index in [0.717, 1.165) is 5.56 Å². The number of carbonyl (C=O) groups excluding carboxylic acids is 1. The molecule has 0 aromatic heterocycles. The molecule has 18 heavy (non-hydrogen) atoms. The summed E-state index contributed by atoms with van der Waals surface area (Å²) >= 11 is 0. The highest BCUT2D eigenvalue weighted by molar-refractivity contribution is 7.91. The van der Waals surface area contributed by atoms with Gasteiger partial charge in [0, 0.05) is 6.04 Å². The molecule has 1 unspecified atom stereocenters. The van der Waals surface area contributed by atoms with Gasteiger partial charge < -0.3 is 10.4 Å². The molecule has 1 amide bonds. The predicted molar refractivity (Wildman–Crippen MR) is 67.4 cm³/mol. The third kappa shape index (κ3) is 2.81. The van der Waals surface area contributed by atoms with Crippen LogP contribution in [0.3, 0.4) is 0 Å². The molecule has 1 atom stereocenters. The summed E-state index contributed by atoms with van der Waals surface area (Å²) < 4.78 is 22.5. The minimum Gasteiger partial charge on any atom is -0.507 e. The summed E-state index contributed by atoms with van der Waals surface area (Å²) in [7, 11) is -3.02. The number of benzene rings is 1. The lowest BCUT2D eigenvalue weighted by atomic mass is 10.1. The Labute approximate surface area is 106 Å². The van der Waals surface area contributed by atoms with Gasteiger partial charge in [-0.2, -0.15) is 0 Å². The molecule has 0 spiro atoms. The first-order valence-corrected chi connectivity index (χ1v) is 7.50. The highest BCUT2D eigenvalue weighted by Crippen LogP contribution is 2.19. The predicted octanol–water partition coefficient (Wildman–Crippen LogP) is 0.618. The normalized spacial score (nSPS) is 21.7. The molecule has 2 rings (SSSR count). The van der Waals surface area contributed by atoms with Gasteiger partial charge in [-0.05, 0) is 31.0 Å². The summed E-state index contributed by atoms with van der Waals surface area (Å²) in [5.74, 6) is -0.439. The van der Waals surface area contributed by atoms with Crippen molar-refractivity contribution in [2.75, 3.05) is 11.5 Å². The van der Waals surface area contributed by atoms with Crippen molar-refractivity contribution in [1.29, 1.82) is 0 Å². The van der Waals surface area contributed by atoms with Crippen LogP contribution in [0.25, 0.3) is 0 Å². The number of amides is 1. The molecule has 2 N–H and O–H groups in total. The number of phenolic OH excluding ortho intramolecular Hbond substituents is 1. The summed E-state index contributed by atoms with van der Waals surface area (Å²) in [5.41, 5.74) is 1.03. The monoisotopic (exact) mass is 269 g/mol. The summed E-state index contributed by atoms with van der Waals surface area (Å²) in [6, 6.07) is 4.40. The smallest absolute Gasteiger partial charge is 0.255 e. The molecular formula is C12H15NO4S. The minimum absolute atomic E-state index is 0.0225. The lowest BCUT2D eigenvalue weighted by molar-refractivity contribution is 0.0938. The molecule has 1 saturated heterocycles. The van der Waals surface area contributed by atoms with Crippen LogP contribution in [-0.2, 0) is 9.84 Å². The van der Waals surface area contributed by atoms with Crippen molar-refractivity contribution in [3.8, 4) is 5.75 Å². The molecule has 0 saturated carbocycles. The Morgan fingerprint density at radius 2 is 2.17 bits per heavy atom. The molecule has 98 valence electrons. The maximum atomic E-state index is 11.9. The molecule has 0 radical (unpaired) electrons. The summed E-state index contributed by atoms with van der Waals surface area (Å²) in [6.45, 7) is 1.81. The molecule has 1 fully saturated rings. The van der Waals surface area contributed by atoms with Crippen LogP contribution in [0, 0.1) is 6.92 Å². The maximum Gasteiger partial charge on any atom is 0.255 e. The third-order valence-electron chi connectivity index (χ3n) is 2.97. The van der Waals surface area contributed by atoms with Crippen molar-refractivity contribution in [1.82, 2.24) is 5.32 Å². The minimum atomic E-state index is -3.02. The second-order valence-corrected chi connectivity index (χ2v) is 6.82. The zero-order valence-electron chi connectivity index (χ0n) is 10.0. The van der Waals surface area contributed by atoms with Gasteiger partial charge in [0.15, 0.2) is 9.84 Å². The number of aromatic hydroxyl groups is 1. The quantitative estimate of drug-likeness (QED) is 0.824. The number of nitrogens with one attached hydrogen (secondary N) is 1. The molecular weight excluding hydrogens is 254 g/mol. The van der Waals surface area contributed by atoms with Gasteiger partial charge in [0.05, 0.1) is 17.1 Å². The molecule has 1 aromatic carbocycles. The topological polar surface area (TPSA) is 83.5 Å². The van der Waals surface area contributed by atoms with Crippen LogP contribution in [-0.4, -0.2) is 37.0 Å². The molecule has 5 nitrogen and oxygen atoms in total. The SMILES string of the molecule is Cc1ccc(C(=O)NC2CCS(=O)(=O)C2)c(O)c1. The van der Waals surface area contributed by atoms with Gasteiger partial charge in [-0.25, -0.2) is 8.42 Å². The highest BCUT2D eigenvalue weighted by atomic mass is 32.2. The van der Waals surface area contributed by atoms with Crippen LogP contribution < -0.4 is 5.32 Å². The first-order chi connectivity index (χ1) is 8.37. The average Bonchev–Trinajstić information content (AvgIpc) is 2.57. The Kier molecular flexibility index (Phi) is 3.30. The molecule has 1 aliphatic rings. The maximum absolute atomic E-state index is 11.9. The van der Waals surface area contributed by atoms with E-state index in [1.807, 2.05) is 6.92 Å². The second kappa shape index (κ2) is 4.61. The molecule has 0 bridgehead atoms. The van der Waals surface area contributed by atoms with Gasteiger partial charge in [0.25, 0.3) is 5.91 Å². The van der Waals surface area contributed by atoms with Crippen molar-refractivity contribution >= 4 is 15.7 Å². The molecule has 1 aliphatic heterocycles. The number of rotatable bonds is 2. The van der Waals surface area contributed by atoms with Gasteiger partial charge >= 0.3 is 0 Å². The van der Waals surface area contributed by atoms with Crippen LogP contribution in [0.5, 0.6) is 5.75 Å². The zero-order chi connectivity index (χ0) is 13.3. The Morgan fingerprint density at radius 1 is 1.44 bits per heavy atom. The van der Waals surface area contributed by atoms with E-state index >= 15 is 0 Å². The first-order valence-electron chi connectivity index (χ1n) is 5.68. The van der Waals surface area contributed by atoms with Crippen LogP contribution in [0.15, 0.2) is 18.2 Å². The molecule has 6 heteroatoms.